The smallest absolute Gasteiger partial charge is 0.232 e. The maximum absolute atomic E-state index is 13.4. The third-order valence-corrected chi connectivity index (χ3v) is 8.19. The molecule has 0 fully saturated rings. The number of nitrogens with zero attached hydrogens (tertiary/aromatic N) is 1. The number of amides is 1. The van der Waals surface area contributed by atoms with Crippen molar-refractivity contribution in [2.45, 2.75) is 32.7 Å². The summed E-state index contributed by atoms with van der Waals surface area (Å²) in [4.78, 5) is 16.5. The van der Waals surface area contributed by atoms with Crippen LogP contribution >= 0.6 is 32.9 Å². The van der Waals surface area contributed by atoms with Crippen LogP contribution in [0.25, 0.3) is 11.1 Å². The van der Waals surface area contributed by atoms with E-state index < -0.39 is 5.54 Å². The minimum Gasteiger partial charge on any atom is -0.301 e. The van der Waals surface area contributed by atoms with Crippen molar-refractivity contribution in [3.63, 3.8) is 0 Å². The SMILES string of the molecule is Cc1ccc2c(c1)-c1c(ssc1=S)C(C)(C)N2C(=O)Cc1ccccc1. The van der Waals surface area contributed by atoms with Crippen LogP contribution in [0.5, 0.6) is 0 Å². The van der Waals surface area contributed by atoms with E-state index in [1.165, 1.54) is 10.4 Å². The summed E-state index contributed by atoms with van der Waals surface area (Å²) >= 11 is 5.63. The van der Waals surface area contributed by atoms with E-state index in [1.54, 1.807) is 20.7 Å². The lowest BCUT2D eigenvalue weighted by molar-refractivity contribution is -0.119. The van der Waals surface area contributed by atoms with E-state index in [2.05, 4.69) is 39.0 Å². The first-order chi connectivity index (χ1) is 12.4. The van der Waals surface area contributed by atoms with Crippen molar-refractivity contribution in [2.24, 2.45) is 0 Å². The number of carbonyl (C=O) groups is 1. The van der Waals surface area contributed by atoms with Crippen LogP contribution in [0.4, 0.5) is 5.69 Å². The predicted octanol–water partition coefficient (Wildman–Crippen LogP) is 6.34. The lowest BCUT2D eigenvalue weighted by atomic mass is 9.86. The van der Waals surface area contributed by atoms with Gasteiger partial charge in [0.25, 0.3) is 0 Å². The Labute approximate surface area is 166 Å². The van der Waals surface area contributed by atoms with Gasteiger partial charge in [-0.25, -0.2) is 0 Å². The van der Waals surface area contributed by atoms with Gasteiger partial charge in [0.2, 0.25) is 5.91 Å². The second-order valence-corrected chi connectivity index (χ2v) is 9.95. The van der Waals surface area contributed by atoms with Gasteiger partial charge < -0.3 is 4.90 Å². The molecular weight excluding hydrogens is 378 g/mol. The average molecular weight is 398 g/mol. The molecule has 1 amide bonds. The molecule has 1 aliphatic heterocycles. The molecule has 2 nitrogen and oxygen atoms in total. The Kier molecular flexibility index (Phi) is 4.34. The fourth-order valence-electron chi connectivity index (χ4n) is 3.64. The molecule has 1 aromatic heterocycles. The van der Waals surface area contributed by atoms with E-state index in [-0.39, 0.29) is 5.91 Å². The van der Waals surface area contributed by atoms with Crippen LogP contribution in [-0.2, 0) is 16.8 Å². The zero-order chi connectivity index (χ0) is 18.5. The van der Waals surface area contributed by atoms with E-state index in [0.717, 1.165) is 26.2 Å². The maximum atomic E-state index is 13.4. The van der Waals surface area contributed by atoms with Crippen molar-refractivity contribution in [1.82, 2.24) is 0 Å². The quantitative estimate of drug-likeness (QED) is 0.371. The highest BCUT2D eigenvalue weighted by Crippen LogP contribution is 2.52. The van der Waals surface area contributed by atoms with Crippen LogP contribution in [0.15, 0.2) is 48.5 Å². The molecule has 0 unspecified atom stereocenters. The van der Waals surface area contributed by atoms with Gasteiger partial charge in [-0.15, -0.1) is 0 Å². The molecule has 4 rings (SSSR count). The Balaban J connectivity index is 1.87. The minimum absolute atomic E-state index is 0.112. The van der Waals surface area contributed by atoms with Gasteiger partial charge in [0, 0.05) is 11.1 Å². The fourth-order valence-corrected chi connectivity index (χ4v) is 6.92. The molecular formula is C21H19NOS3. The van der Waals surface area contributed by atoms with E-state index in [1.807, 2.05) is 35.2 Å². The lowest BCUT2D eigenvalue weighted by Gasteiger charge is -2.43. The Morgan fingerprint density at radius 2 is 1.85 bits per heavy atom. The number of hydrogen-bond acceptors (Lipinski definition) is 4. The first kappa shape index (κ1) is 17.6. The topological polar surface area (TPSA) is 20.3 Å². The van der Waals surface area contributed by atoms with Gasteiger partial charge in [0.05, 0.1) is 22.5 Å². The summed E-state index contributed by atoms with van der Waals surface area (Å²) < 4.78 is 0.917. The molecule has 1 aliphatic rings. The monoisotopic (exact) mass is 397 g/mol. The molecule has 0 radical (unpaired) electrons. The highest BCUT2D eigenvalue weighted by molar-refractivity contribution is 7.80. The van der Waals surface area contributed by atoms with Crippen molar-refractivity contribution in [2.75, 3.05) is 4.90 Å². The molecule has 5 heteroatoms. The van der Waals surface area contributed by atoms with E-state index in [9.17, 15) is 4.79 Å². The molecule has 0 spiro atoms. The number of rotatable bonds is 2. The highest BCUT2D eigenvalue weighted by Gasteiger charge is 2.42. The van der Waals surface area contributed by atoms with Crippen molar-refractivity contribution >= 4 is 44.5 Å². The number of benzene rings is 2. The first-order valence-corrected chi connectivity index (χ1v) is 11.1. The van der Waals surface area contributed by atoms with Crippen molar-refractivity contribution in [1.29, 1.82) is 0 Å². The third kappa shape index (κ3) is 2.75. The Morgan fingerprint density at radius 3 is 2.58 bits per heavy atom. The normalized spacial score (nSPS) is 14.7. The fraction of sp³-hybridized carbons (Fsp3) is 0.238. The number of aryl methyl sites for hydroxylation is 1. The Morgan fingerprint density at radius 1 is 1.12 bits per heavy atom. The number of fused-ring (bicyclic) bond motifs is 3. The highest BCUT2D eigenvalue weighted by atomic mass is 32.9. The number of anilines is 1. The Bertz CT molecular complexity index is 1050. The summed E-state index contributed by atoms with van der Waals surface area (Å²) in [6.45, 7) is 6.32. The lowest BCUT2D eigenvalue weighted by Crippen LogP contribution is -2.48. The third-order valence-electron chi connectivity index (χ3n) is 4.86. The van der Waals surface area contributed by atoms with Gasteiger partial charge in [-0.2, -0.15) is 0 Å². The first-order valence-electron chi connectivity index (χ1n) is 8.51. The predicted molar refractivity (Wildman–Crippen MR) is 114 cm³/mol. The van der Waals surface area contributed by atoms with Crippen molar-refractivity contribution < 1.29 is 4.79 Å². The van der Waals surface area contributed by atoms with Crippen LogP contribution < -0.4 is 4.90 Å². The largest absolute Gasteiger partial charge is 0.301 e. The van der Waals surface area contributed by atoms with Gasteiger partial charge in [-0.1, -0.05) is 74.9 Å². The minimum atomic E-state index is -0.415. The summed E-state index contributed by atoms with van der Waals surface area (Å²) in [5, 5.41) is 0. The molecule has 0 saturated heterocycles. The molecule has 0 bridgehead atoms. The van der Waals surface area contributed by atoms with Crippen LogP contribution in [0.1, 0.15) is 29.9 Å². The molecule has 26 heavy (non-hydrogen) atoms. The Hall–Kier alpha value is -1.82. The molecule has 0 saturated carbocycles. The zero-order valence-corrected chi connectivity index (χ0v) is 17.4. The van der Waals surface area contributed by atoms with Gasteiger partial charge in [-0.05, 0) is 38.5 Å². The molecule has 2 aromatic carbocycles. The van der Waals surface area contributed by atoms with E-state index >= 15 is 0 Å². The van der Waals surface area contributed by atoms with Gasteiger partial charge in [0.15, 0.2) is 0 Å². The summed E-state index contributed by atoms with van der Waals surface area (Å²) in [5.74, 6) is 0.112. The molecule has 0 atom stereocenters. The zero-order valence-electron chi connectivity index (χ0n) is 14.9. The van der Waals surface area contributed by atoms with Crippen molar-refractivity contribution in [3.8, 4) is 11.1 Å². The van der Waals surface area contributed by atoms with E-state index in [0.29, 0.717) is 6.42 Å². The summed E-state index contributed by atoms with van der Waals surface area (Å²) in [5.41, 5.74) is 4.99. The van der Waals surface area contributed by atoms with Gasteiger partial charge in [0.1, 0.15) is 3.82 Å². The standard InChI is InChI=1S/C21H19NOS3/c1-13-9-10-16-15(11-13)18-19(25-26-20(18)24)21(2,3)22(16)17(23)12-14-7-5-4-6-8-14/h4-11H,12H2,1-3H3. The summed E-state index contributed by atoms with van der Waals surface area (Å²) in [7, 11) is 3.33. The van der Waals surface area contributed by atoms with Crippen LogP contribution in [0.2, 0.25) is 0 Å². The second kappa shape index (κ2) is 6.41. The van der Waals surface area contributed by atoms with Crippen molar-refractivity contribution in [3.05, 3.63) is 68.4 Å². The summed E-state index contributed by atoms with van der Waals surface area (Å²) in [6.07, 6.45) is 0.391. The second-order valence-electron chi connectivity index (χ2n) is 7.13. The van der Waals surface area contributed by atoms with Crippen LogP contribution in [0, 0.1) is 10.7 Å². The van der Waals surface area contributed by atoms with Crippen LogP contribution in [0.3, 0.4) is 0 Å². The maximum Gasteiger partial charge on any atom is 0.232 e. The summed E-state index contributed by atoms with van der Waals surface area (Å²) in [6, 6.07) is 16.2. The molecule has 132 valence electrons. The molecule has 3 aromatic rings. The number of carbonyl (C=O) groups excluding carboxylic acids is 1. The molecule has 0 N–H and O–H groups in total. The van der Waals surface area contributed by atoms with Gasteiger partial charge in [-0.3, -0.25) is 4.79 Å². The van der Waals surface area contributed by atoms with E-state index in [4.69, 9.17) is 12.2 Å². The number of hydrogen-bond donors (Lipinski definition) is 0. The molecule has 0 aliphatic carbocycles. The average Bonchev–Trinajstić information content (AvgIpc) is 2.99. The molecule has 2 heterocycles. The van der Waals surface area contributed by atoms with Gasteiger partial charge >= 0.3 is 0 Å². The van der Waals surface area contributed by atoms with Crippen LogP contribution in [-0.4, -0.2) is 5.91 Å².